The van der Waals surface area contributed by atoms with Gasteiger partial charge in [0.05, 0.1) is 12.0 Å². The molecule has 3 atom stereocenters. The highest BCUT2D eigenvalue weighted by Gasteiger charge is 2.35. The lowest BCUT2D eigenvalue weighted by Gasteiger charge is -2.47. The summed E-state index contributed by atoms with van der Waals surface area (Å²) in [7, 11) is 0. The van der Waals surface area contributed by atoms with Crippen molar-refractivity contribution in [3.63, 3.8) is 0 Å². The van der Waals surface area contributed by atoms with Gasteiger partial charge in [-0.3, -0.25) is 19.4 Å². The van der Waals surface area contributed by atoms with Crippen molar-refractivity contribution in [2.75, 3.05) is 26.2 Å². The minimum Gasteiger partial charge on any atom is -0.508 e. The van der Waals surface area contributed by atoms with Gasteiger partial charge in [0.15, 0.2) is 0 Å². The summed E-state index contributed by atoms with van der Waals surface area (Å²) in [5, 5.41) is 19.7. The zero-order chi connectivity index (χ0) is 29.1. The van der Waals surface area contributed by atoms with Crippen LogP contribution < -0.4 is 0 Å². The summed E-state index contributed by atoms with van der Waals surface area (Å²) < 4.78 is 13.8. The molecule has 2 fully saturated rings. The maximum atomic E-state index is 13.8. The van der Waals surface area contributed by atoms with E-state index in [-0.39, 0.29) is 35.6 Å². The molecule has 0 radical (unpaired) electrons. The van der Waals surface area contributed by atoms with Crippen LogP contribution in [0.5, 0.6) is 5.75 Å². The van der Waals surface area contributed by atoms with Crippen LogP contribution in [-0.2, 0) is 11.3 Å². The molecule has 2 heterocycles. The summed E-state index contributed by atoms with van der Waals surface area (Å²) >= 11 is 0. The summed E-state index contributed by atoms with van der Waals surface area (Å²) in [5.41, 5.74) is 3.42. The molecule has 5 rings (SSSR count). The number of aromatic hydroxyl groups is 1. The number of hydrogen-bond acceptors (Lipinski definition) is 5. The van der Waals surface area contributed by atoms with Gasteiger partial charge in [-0.2, -0.15) is 0 Å². The fourth-order valence-corrected chi connectivity index (χ4v) is 6.30. The van der Waals surface area contributed by atoms with E-state index in [1.807, 2.05) is 42.5 Å². The predicted molar refractivity (Wildman–Crippen MR) is 155 cm³/mol. The van der Waals surface area contributed by atoms with Crippen LogP contribution in [0.3, 0.4) is 0 Å². The van der Waals surface area contributed by atoms with Crippen molar-refractivity contribution >= 4 is 11.9 Å². The number of carboxylic acid groups (broad SMARTS) is 1. The van der Waals surface area contributed by atoms with E-state index in [2.05, 4.69) is 23.6 Å². The van der Waals surface area contributed by atoms with Crippen LogP contribution in [-0.4, -0.2) is 75.1 Å². The topological polar surface area (TPSA) is 84.3 Å². The lowest BCUT2D eigenvalue weighted by Crippen LogP contribution is -2.56. The van der Waals surface area contributed by atoms with E-state index in [9.17, 15) is 24.2 Å². The third kappa shape index (κ3) is 6.60. The molecule has 0 saturated carbocycles. The average Bonchev–Trinajstić information content (AvgIpc) is 2.95. The smallest absolute Gasteiger partial charge is 0.306 e. The van der Waals surface area contributed by atoms with E-state index < -0.39 is 11.9 Å². The Morgan fingerprint density at radius 3 is 2.27 bits per heavy atom. The van der Waals surface area contributed by atoms with Gasteiger partial charge in [-0.15, -0.1) is 0 Å². The van der Waals surface area contributed by atoms with E-state index in [4.69, 9.17) is 0 Å². The monoisotopic (exact) mass is 559 g/mol. The Hall–Kier alpha value is -3.75. The largest absolute Gasteiger partial charge is 0.508 e. The number of benzene rings is 3. The summed E-state index contributed by atoms with van der Waals surface area (Å²) in [5.74, 6) is -1.33. The molecular weight excluding hydrogens is 521 g/mol. The van der Waals surface area contributed by atoms with Gasteiger partial charge < -0.3 is 15.1 Å². The summed E-state index contributed by atoms with van der Waals surface area (Å²) in [4.78, 5) is 31.4. The number of amides is 1. The molecule has 2 aliphatic rings. The van der Waals surface area contributed by atoms with Gasteiger partial charge in [0, 0.05) is 50.4 Å². The Bertz CT molecular complexity index is 1390. The molecule has 0 bridgehead atoms. The zero-order valence-electron chi connectivity index (χ0n) is 23.6. The normalized spacial score (nSPS) is 21.5. The Morgan fingerprint density at radius 1 is 0.902 bits per heavy atom. The maximum absolute atomic E-state index is 13.8. The molecule has 0 aromatic heterocycles. The summed E-state index contributed by atoms with van der Waals surface area (Å²) in [6, 6.07) is 21.9. The van der Waals surface area contributed by atoms with Crippen LogP contribution in [0.4, 0.5) is 4.39 Å². The number of phenols is 1. The van der Waals surface area contributed by atoms with E-state index >= 15 is 0 Å². The average molecular weight is 560 g/mol. The molecule has 8 heteroatoms. The van der Waals surface area contributed by atoms with E-state index in [1.165, 1.54) is 6.07 Å². The second kappa shape index (κ2) is 12.4. The van der Waals surface area contributed by atoms with Crippen LogP contribution in [0.15, 0.2) is 72.8 Å². The molecule has 216 valence electrons. The van der Waals surface area contributed by atoms with Gasteiger partial charge in [0.25, 0.3) is 5.91 Å². The Labute approximate surface area is 240 Å². The molecule has 2 saturated heterocycles. The van der Waals surface area contributed by atoms with Crippen molar-refractivity contribution in [3.8, 4) is 5.75 Å². The number of carbonyl (C=O) groups excluding carboxylic acids is 1. The number of nitrogens with zero attached hydrogens (tertiary/aromatic N) is 3. The third-order valence-electron chi connectivity index (χ3n) is 8.54. The van der Waals surface area contributed by atoms with Crippen molar-refractivity contribution in [3.05, 3.63) is 101 Å². The number of piperazine rings is 1. The second-order valence-electron chi connectivity index (χ2n) is 11.5. The number of hydrogen-bond donors (Lipinski definition) is 2. The number of aliphatic carboxylic acids is 1. The molecule has 1 amide bonds. The molecule has 7 nitrogen and oxygen atoms in total. The minimum atomic E-state index is -0.799. The number of rotatable bonds is 7. The number of carbonyl (C=O) groups is 2. The van der Waals surface area contributed by atoms with E-state index in [1.54, 1.807) is 29.2 Å². The first-order valence-electron chi connectivity index (χ1n) is 14.3. The number of piperidine rings is 1. The first-order valence-corrected chi connectivity index (χ1v) is 14.3. The predicted octanol–water partition coefficient (Wildman–Crippen LogP) is 5.15. The third-order valence-corrected chi connectivity index (χ3v) is 8.54. The van der Waals surface area contributed by atoms with Gasteiger partial charge in [-0.1, -0.05) is 36.4 Å². The highest BCUT2D eigenvalue weighted by atomic mass is 19.1. The number of carboxylic acids is 1. The van der Waals surface area contributed by atoms with E-state index in [0.717, 1.165) is 29.8 Å². The molecule has 2 N–H and O–H groups in total. The van der Waals surface area contributed by atoms with Gasteiger partial charge in [0.2, 0.25) is 0 Å². The number of likely N-dealkylation sites (tertiary alicyclic amines) is 1. The first-order chi connectivity index (χ1) is 19.7. The van der Waals surface area contributed by atoms with Gasteiger partial charge in [-0.05, 0) is 79.8 Å². The highest BCUT2D eigenvalue weighted by molar-refractivity contribution is 5.94. The van der Waals surface area contributed by atoms with Crippen molar-refractivity contribution < 1.29 is 24.2 Å². The lowest BCUT2D eigenvalue weighted by atomic mass is 9.91. The standard InChI is InChI=1S/C33H38FN3O4/c1-22-20-37(23(2)19-36(22)21-24-6-3-10-29(34)16-24)31(27-8-5-11-30(38)18-27)26-7-4-9-28(17-26)32(39)35-14-12-25(13-15-35)33(40)41/h3-11,16-18,22-23,25,31,38H,12-15,19-21H2,1-2H3,(H,40,41)/t22-,23+,31?/m1/s1. The molecule has 0 aliphatic carbocycles. The Morgan fingerprint density at radius 2 is 1.59 bits per heavy atom. The molecular formula is C33H38FN3O4. The van der Waals surface area contributed by atoms with Crippen LogP contribution in [0, 0.1) is 11.7 Å². The maximum Gasteiger partial charge on any atom is 0.306 e. The van der Waals surface area contributed by atoms with Gasteiger partial charge in [-0.25, -0.2) is 4.39 Å². The summed E-state index contributed by atoms with van der Waals surface area (Å²) in [6.07, 6.45) is 0.921. The van der Waals surface area contributed by atoms with Gasteiger partial charge in [0.1, 0.15) is 11.6 Å². The Balaban J connectivity index is 1.40. The van der Waals surface area contributed by atoms with Crippen molar-refractivity contribution in [2.24, 2.45) is 5.92 Å². The first kappa shape index (κ1) is 28.8. The van der Waals surface area contributed by atoms with Crippen molar-refractivity contribution in [1.29, 1.82) is 0 Å². The van der Waals surface area contributed by atoms with Crippen molar-refractivity contribution in [1.82, 2.24) is 14.7 Å². The second-order valence-corrected chi connectivity index (χ2v) is 11.5. The lowest BCUT2D eigenvalue weighted by molar-refractivity contribution is -0.143. The highest BCUT2D eigenvalue weighted by Crippen LogP contribution is 2.35. The van der Waals surface area contributed by atoms with Gasteiger partial charge >= 0.3 is 5.97 Å². The summed E-state index contributed by atoms with van der Waals surface area (Å²) in [6.45, 7) is 7.41. The molecule has 0 spiro atoms. The van der Waals surface area contributed by atoms with Crippen LogP contribution in [0.1, 0.15) is 59.8 Å². The molecule has 1 unspecified atom stereocenters. The molecule has 3 aromatic rings. The van der Waals surface area contributed by atoms with E-state index in [0.29, 0.717) is 38.0 Å². The fourth-order valence-electron chi connectivity index (χ4n) is 6.30. The number of halogens is 1. The molecule has 41 heavy (non-hydrogen) atoms. The number of phenolic OH excluding ortho intramolecular Hbond substituents is 1. The zero-order valence-corrected chi connectivity index (χ0v) is 23.6. The fraction of sp³-hybridized carbons (Fsp3) is 0.394. The Kier molecular flexibility index (Phi) is 8.71. The molecule has 2 aliphatic heterocycles. The van der Waals surface area contributed by atoms with Crippen LogP contribution in [0.2, 0.25) is 0 Å². The van der Waals surface area contributed by atoms with Crippen LogP contribution in [0.25, 0.3) is 0 Å². The van der Waals surface area contributed by atoms with Crippen molar-refractivity contribution in [2.45, 2.75) is 51.4 Å². The minimum absolute atomic E-state index is 0.0910. The molecule has 3 aromatic carbocycles. The van der Waals surface area contributed by atoms with Crippen LogP contribution >= 0.6 is 0 Å². The SMILES string of the molecule is C[C@@H]1CN(C(c2cccc(O)c2)c2cccc(C(=O)N3CCC(C(=O)O)CC3)c2)[C@@H](C)CN1Cc1cccc(F)c1. The quantitative estimate of drug-likeness (QED) is 0.417.